The summed E-state index contributed by atoms with van der Waals surface area (Å²) in [5.41, 5.74) is 3.85. The third-order valence-electron chi connectivity index (χ3n) is 4.05. The molecule has 2 heterocycles. The van der Waals surface area contributed by atoms with Crippen molar-refractivity contribution in [1.82, 2.24) is 15.0 Å². The highest BCUT2D eigenvalue weighted by Crippen LogP contribution is 2.33. The number of nitrogens with zero attached hydrogens (tertiary/aromatic N) is 2. The van der Waals surface area contributed by atoms with Gasteiger partial charge in [0.05, 0.1) is 30.5 Å². The molecule has 1 amide bonds. The second kappa shape index (κ2) is 8.14. The van der Waals surface area contributed by atoms with E-state index in [0.29, 0.717) is 23.2 Å². The number of anilines is 1. The minimum atomic E-state index is -0.566. The summed E-state index contributed by atoms with van der Waals surface area (Å²) >= 11 is 2.07. The summed E-state index contributed by atoms with van der Waals surface area (Å²) in [5, 5.41) is 12.6. The second-order valence-electron chi connectivity index (χ2n) is 5.73. The zero-order chi connectivity index (χ0) is 18.7. The first kappa shape index (κ1) is 18.8. The van der Waals surface area contributed by atoms with Crippen LogP contribution in [-0.2, 0) is 11.9 Å². The van der Waals surface area contributed by atoms with Crippen LogP contribution in [0.2, 0.25) is 0 Å². The van der Waals surface area contributed by atoms with Gasteiger partial charge in [-0.2, -0.15) is 0 Å². The number of carbonyl (C=O) groups is 1. The normalized spacial score (nSPS) is 17.0. The monoisotopic (exact) mass is 472 g/mol. The number of aromatic nitrogens is 2. The number of nitrogens with one attached hydrogen (secondary N) is 2. The van der Waals surface area contributed by atoms with Crippen LogP contribution in [0.5, 0.6) is 0 Å². The van der Waals surface area contributed by atoms with E-state index in [4.69, 9.17) is 9.94 Å². The van der Waals surface area contributed by atoms with E-state index in [1.54, 1.807) is 30.1 Å². The Labute approximate surface area is 163 Å². The van der Waals surface area contributed by atoms with Crippen LogP contribution >= 0.6 is 22.6 Å². The zero-order valence-corrected chi connectivity index (χ0v) is 16.2. The molecular formula is C17H18FIN4O3. The maximum Gasteiger partial charge on any atom is 0.293 e. The number of aliphatic hydroxyl groups excluding tert-OH is 1. The van der Waals surface area contributed by atoms with E-state index < -0.39 is 11.9 Å². The molecule has 0 saturated heterocycles. The number of amides is 1. The van der Waals surface area contributed by atoms with Crippen LogP contribution in [0.15, 0.2) is 40.0 Å². The summed E-state index contributed by atoms with van der Waals surface area (Å²) in [6.45, 7) is -0.239. The van der Waals surface area contributed by atoms with E-state index in [9.17, 15) is 9.18 Å². The number of rotatable bonds is 6. The highest BCUT2D eigenvalue weighted by molar-refractivity contribution is 14.1. The van der Waals surface area contributed by atoms with E-state index in [1.807, 2.05) is 6.08 Å². The minimum Gasteiger partial charge on any atom is -0.394 e. The molecule has 1 unspecified atom stereocenters. The number of aliphatic hydroxyl groups is 1. The van der Waals surface area contributed by atoms with Crippen LogP contribution in [0.4, 0.5) is 10.1 Å². The number of carbonyl (C=O) groups excluding carboxylic acids is 1. The smallest absolute Gasteiger partial charge is 0.293 e. The molecule has 138 valence electrons. The van der Waals surface area contributed by atoms with Gasteiger partial charge in [-0.3, -0.25) is 14.6 Å². The molecule has 0 radical (unpaired) electrons. The van der Waals surface area contributed by atoms with Crippen molar-refractivity contribution in [3.05, 3.63) is 45.7 Å². The number of hydrogen-bond acceptors (Lipinski definition) is 5. The first-order valence-electron chi connectivity index (χ1n) is 7.97. The molecule has 26 heavy (non-hydrogen) atoms. The maximum absolute atomic E-state index is 14.3. The predicted octanol–water partition coefficient (Wildman–Crippen LogP) is 2.58. The molecule has 0 spiro atoms. The van der Waals surface area contributed by atoms with E-state index in [2.05, 4.69) is 38.4 Å². The van der Waals surface area contributed by atoms with Crippen molar-refractivity contribution in [3.8, 4) is 0 Å². The SMILES string of the molecule is Cn1c(C(=O)NOCCO)c(NC2CC=C(I)C=C2F)c2cnccc21. The summed E-state index contributed by atoms with van der Waals surface area (Å²) in [7, 11) is 1.74. The van der Waals surface area contributed by atoms with Crippen molar-refractivity contribution < 1.29 is 19.1 Å². The molecule has 3 N–H and O–H groups in total. The summed E-state index contributed by atoms with van der Waals surface area (Å²) in [6.07, 6.45) is 7.12. The van der Waals surface area contributed by atoms with Crippen molar-refractivity contribution in [1.29, 1.82) is 0 Å². The number of halogens is 2. The van der Waals surface area contributed by atoms with E-state index >= 15 is 0 Å². The minimum absolute atomic E-state index is 0.0246. The molecule has 1 aliphatic rings. The molecule has 2 aromatic rings. The lowest BCUT2D eigenvalue weighted by Crippen LogP contribution is -2.29. The van der Waals surface area contributed by atoms with Crippen molar-refractivity contribution >= 4 is 45.1 Å². The number of aryl methyl sites for hydroxylation is 1. The second-order valence-corrected chi connectivity index (χ2v) is 6.98. The predicted molar refractivity (Wildman–Crippen MR) is 105 cm³/mol. The van der Waals surface area contributed by atoms with Gasteiger partial charge in [0.2, 0.25) is 0 Å². The Morgan fingerprint density at radius 2 is 2.38 bits per heavy atom. The molecule has 7 nitrogen and oxygen atoms in total. The first-order chi connectivity index (χ1) is 12.5. The number of hydroxylamine groups is 1. The molecule has 0 fully saturated rings. The molecule has 0 aliphatic heterocycles. The van der Waals surface area contributed by atoms with Gasteiger partial charge >= 0.3 is 0 Å². The van der Waals surface area contributed by atoms with Gasteiger partial charge in [-0.25, -0.2) is 9.87 Å². The van der Waals surface area contributed by atoms with Crippen molar-refractivity contribution in [2.45, 2.75) is 12.5 Å². The van der Waals surface area contributed by atoms with E-state index in [0.717, 1.165) is 9.10 Å². The fourth-order valence-corrected chi connectivity index (χ4v) is 3.40. The molecule has 3 rings (SSSR count). The van der Waals surface area contributed by atoms with Gasteiger partial charge in [0.15, 0.2) is 0 Å². The fourth-order valence-electron chi connectivity index (χ4n) is 2.85. The van der Waals surface area contributed by atoms with Crippen molar-refractivity contribution in [2.24, 2.45) is 7.05 Å². The Kier molecular flexibility index (Phi) is 5.89. The highest BCUT2D eigenvalue weighted by atomic mass is 127. The van der Waals surface area contributed by atoms with Crippen molar-refractivity contribution in [3.63, 3.8) is 0 Å². The van der Waals surface area contributed by atoms with Crippen LogP contribution in [0.3, 0.4) is 0 Å². The van der Waals surface area contributed by atoms with Gasteiger partial charge < -0.3 is 15.0 Å². The largest absolute Gasteiger partial charge is 0.394 e. The molecule has 1 atom stereocenters. The number of fused-ring (bicyclic) bond motifs is 1. The number of pyridine rings is 1. The van der Waals surface area contributed by atoms with Crippen LogP contribution in [-0.4, -0.2) is 39.8 Å². The van der Waals surface area contributed by atoms with E-state index in [-0.39, 0.29) is 19.0 Å². The van der Waals surface area contributed by atoms with Gasteiger partial charge in [-0.05, 0) is 41.2 Å². The topological polar surface area (TPSA) is 88.4 Å². The Hall–Kier alpha value is -1.98. The summed E-state index contributed by atoms with van der Waals surface area (Å²) < 4.78 is 16.9. The lowest BCUT2D eigenvalue weighted by molar-refractivity contribution is 0.0163. The van der Waals surface area contributed by atoms with Gasteiger partial charge in [0, 0.05) is 28.4 Å². The third kappa shape index (κ3) is 3.74. The zero-order valence-electron chi connectivity index (χ0n) is 14.0. The lowest BCUT2D eigenvalue weighted by Gasteiger charge is -2.20. The number of hydrogen-bond donors (Lipinski definition) is 3. The maximum atomic E-state index is 14.3. The molecule has 2 aromatic heterocycles. The summed E-state index contributed by atoms with van der Waals surface area (Å²) in [6, 6.07) is 1.21. The van der Waals surface area contributed by atoms with Crippen LogP contribution in [0.1, 0.15) is 16.9 Å². The van der Waals surface area contributed by atoms with Crippen LogP contribution < -0.4 is 10.8 Å². The molecule has 0 saturated carbocycles. The summed E-state index contributed by atoms with van der Waals surface area (Å²) in [5.74, 6) is -0.786. The molecular weight excluding hydrogens is 454 g/mol. The fraction of sp³-hybridized carbons (Fsp3) is 0.294. The lowest BCUT2D eigenvalue weighted by atomic mass is 10.1. The highest BCUT2D eigenvalue weighted by Gasteiger charge is 2.25. The average Bonchev–Trinajstić information content (AvgIpc) is 2.90. The number of allylic oxidation sites excluding steroid dienone is 2. The van der Waals surface area contributed by atoms with Crippen LogP contribution in [0, 0.1) is 0 Å². The Morgan fingerprint density at radius 3 is 3.12 bits per heavy atom. The van der Waals surface area contributed by atoms with Gasteiger partial charge in [-0.1, -0.05) is 6.08 Å². The van der Waals surface area contributed by atoms with Crippen molar-refractivity contribution in [2.75, 3.05) is 18.5 Å². The quantitative estimate of drug-likeness (QED) is 0.342. The Balaban J connectivity index is 1.98. The first-order valence-corrected chi connectivity index (χ1v) is 9.05. The Morgan fingerprint density at radius 1 is 1.58 bits per heavy atom. The average molecular weight is 472 g/mol. The molecule has 9 heteroatoms. The van der Waals surface area contributed by atoms with E-state index in [1.165, 1.54) is 6.08 Å². The molecule has 0 aromatic carbocycles. The Bertz CT molecular complexity index is 894. The molecule has 1 aliphatic carbocycles. The molecule has 0 bridgehead atoms. The van der Waals surface area contributed by atoms with Crippen LogP contribution in [0.25, 0.3) is 10.9 Å². The third-order valence-corrected chi connectivity index (χ3v) is 4.80. The summed E-state index contributed by atoms with van der Waals surface area (Å²) in [4.78, 5) is 21.6. The van der Waals surface area contributed by atoms with Gasteiger partial charge in [0.25, 0.3) is 5.91 Å². The van der Waals surface area contributed by atoms with Gasteiger partial charge in [0.1, 0.15) is 11.5 Å². The van der Waals surface area contributed by atoms with Gasteiger partial charge in [-0.15, -0.1) is 0 Å². The standard InChI is InChI=1S/C17H18FIN4O3/c1-23-14-4-5-20-9-11(14)15(16(23)17(25)22-26-7-6-24)21-13-3-2-10(19)8-12(13)18/h2,4-5,8-9,13,21,24H,3,6-7H2,1H3,(H,22,25).